The van der Waals surface area contributed by atoms with Gasteiger partial charge in [-0.2, -0.15) is 0 Å². The van der Waals surface area contributed by atoms with Crippen molar-refractivity contribution in [3.63, 3.8) is 0 Å². The van der Waals surface area contributed by atoms with E-state index >= 15 is 0 Å². The zero-order chi connectivity index (χ0) is 16.8. The van der Waals surface area contributed by atoms with Crippen LogP contribution in [-0.4, -0.2) is 43.1 Å². The fraction of sp³-hybridized carbons (Fsp3) is 0.333. The molecule has 0 radical (unpaired) electrons. The van der Waals surface area contributed by atoms with E-state index in [1.807, 2.05) is 31.2 Å². The Kier molecular flexibility index (Phi) is 5.57. The maximum absolute atomic E-state index is 12.5. The highest BCUT2D eigenvalue weighted by molar-refractivity contribution is 5.92. The number of likely N-dealkylation sites (N-methyl/N-ethyl adjacent to an activating group) is 1. The van der Waals surface area contributed by atoms with Gasteiger partial charge in [0.2, 0.25) is 5.88 Å². The Balaban J connectivity index is 2.05. The van der Waals surface area contributed by atoms with Crippen LogP contribution < -0.4 is 9.47 Å². The number of rotatable bonds is 6. The molecule has 0 aliphatic carbocycles. The van der Waals surface area contributed by atoms with Gasteiger partial charge in [-0.3, -0.25) is 4.79 Å². The van der Waals surface area contributed by atoms with Gasteiger partial charge < -0.3 is 14.4 Å². The number of hydrogen-bond acceptors (Lipinski definition) is 4. The van der Waals surface area contributed by atoms with Crippen molar-refractivity contribution in [2.45, 2.75) is 19.4 Å². The molecule has 5 heteroatoms. The van der Waals surface area contributed by atoms with Gasteiger partial charge in [0.05, 0.1) is 14.2 Å². The lowest BCUT2D eigenvalue weighted by Gasteiger charge is -2.25. The highest BCUT2D eigenvalue weighted by Gasteiger charge is 2.19. The van der Waals surface area contributed by atoms with Crippen molar-refractivity contribution >= 4 is 5.91 Å². The molecule has 0 aliphatic rings. The fourth-order valence-electron chi connectivity index (χ4n) is 2.27. The van der Waals surface area contributed by atoms with Gasteiger partial charge in [-0.05, 0) is 37.1 Å². The van der Waals surface area contributed by atoms with Crippen LogP contribution in [0.15, 0.2) is 42.5 Å². The summed E-state index contributed by atoms with van der Waals surface area (Å²) < 4.78 is 10.2. The number of pyridine rings is 1. The molecule has 1 amide bonds. The van der Waals surface area contributed by atoms with Crippen LogP contribution in [0.4, 0.5) is 0 Å². The molecule has 0 unspecified atom stereocenters. The van der Waals surface area contributed by atoms with Gasteiger partial charge in [0.25, 0.3) is 5.91 Å². The maximum Gasteiger partial charge on any atom is 0.272 e. The first kappa shape index (κ1) is 16.8. The van der Waals surface area contributed by atoms with Crippen molar-refractivity contribution in [2.24, 2.45) is 0 Å². The van der Waals surface area contributed by atoms with Crippen LogP contribution in [0.5, 0.6) is 11.6 Å². The smallest absolute Gasteiger partial charge is 0.272 e. The molecule has 0 spiro atoms. The van der Waals surface area contributed by atoms with Crippen LogP contribution in [0.3, 0.4) is 0 Å². The highest BCUT2D eigenvalue weighted by Crippen LogP contribution is 2.15. The summed E-state index contributed by atoms with van der Waals surface area (Å²) in [6, 6.07) is 13.1. The van der Waals surface area contributed by atoms with E-state index in [9.17, 15) is 4.79 Å². The van der Waals surface area contributed by atoms with E-state index in [4.69, 9.17) is 9.47 Å². The predicted molar refractivity (Wildman–Crippen MR) is 89.0 cm³/mol. The van der Waals surface area contributed by atoms with E-state index in [1.165, 1.54) is 7.11 Å². The van der Waals surface area contributed by atoms with Gasteiger partial charge in [-0.15, -0.1) is 0 Å². The monoisotopic (exact) mass is 314 g/mol. The lowest BCUT2D eigenvalue weighted by Crippen LogP contribution is -2.36. The Morgan fingerprint density at radius 1 is 1.13 bits per heavy atom. The summed E-state index contributed by atoms with van der Waals surface area (Å²) in [7, 11) is 4.97. The first-order chi connectivity index (χ1) is 11.0. The second-order valence-electron chi connectivity index (χ2n) is 5.38. The number of amides is 1. The highest BCUT2D eigenvalue weighted by atomic mass is 16.5. The summed E-state index contributed by atoms with van der Waals surface area (Å²) >= 11 is 0. The standard InChI is InChI=1S/C18H22N2O3/c1-13(12-14-8-10-15(22-3)11-9-14)20(2)18(21)16-6-5-7-17(19-16)23-4/h5-11,13H,12H2,1-4H3/t13-/m0/s1. The minimum Gasteiger partial charge on any atom is -0.497 e. The number of carbonyl (C=O) groups excluding carboxylic acids is 1. The van der Waals surface area contributed by atoms with Crippen LogP contribution in [0, 0.1) is 0 Å². The SMILES string of the molecule is COc1ccc(C[C@H](C)N(C)C(=O)c2cccc(OC)n2)cc1. The molecule has 2 aromatic rings. The Morgan fingerprint density at radius 2 is 1.83 bits per heavy atom. The molecule has 1 aromatic heterocycles. The fourth-order valence-corrected chi connectivity index (χ4v) is 2.27. The second kappa shape index (κ2) is 7.63. The number of benzene rings is 1. The van der Waals surface area contributed by atoms with Crippen molar-refractivity contribution in [3.05, 3.63) is 53.7 Å². The van der Waals surface area contributed by atoms with Gasteiger partial charge in [-0.25, -0.2) is 4.98 Å². The number of hydrogen-bond donors (Lipinski definition) is 0. The van der Waals surface area contributed by atoms with E-state index in [1.54, 1.807) is 37.3 Å². The Morgan fingerprint density at radius 3 is 2.43 bits per heavy atom. The zero-order valence-corrected chi connectivity index (χ0v) is 13.9. The average molecular weight is 314 g/mol. The molecule has 0 bridgehead atoms. The number of nitrogens with zero attached hydrogens (tertiary/aromatic N) is 2. The third-order valence-corrected chi connectivity index (χ3v) is 3.82. The summed E-state index contributed by atoms with van der Waals surface area (Å²) in [6.07, 6.45) is 0.760. The number of methoxy groups -OCH3 is 2. The largest absolute Gasteiger partial charge is 0.497 e. The minimum atomic E-state index is -0.120. The molecule has 5 nitrogen and oxygen atoms in total. The van der Waals surface area contributed by atoms with Crippen LogP contribution in [0.2, 0.25) is 0 Å². The quantitative estimate of drug-likeness (QED) is 0.823. The van der Waals surface area contributed by atoms with Crippen LogP contribution >= 0.6 is 0 Å². The van der Waals surface area contributed by atoms with Gasteiger partial charge >= 0.3 is 0 Å². The number of aromatic nitrogens is 1. The molecule has 1 atom stereocenters. The number of ether oxygens (including phenoxy) is 2. The van der Waals surface area contributed by atoms with Crippen LogP contribution in [-0.2, 0) is 6.42 Å². The molecular formula is C18H22N2O3. The van der Waals surface area contributed by atoms with Gasteiger partial charge in [0.1, 0.15) is 11.4 Å². The molecule has 23 heavy (non-hydrogen) atoms. The molecule has 0 N–H and O–H groups in total. The van der Waals surface area contributed by atoms with Crippen LogP contribution in [0.1, 0.15) is 23.0 Å². The normalized spacial score (nSPS) is 11.7. The summed E-state index contributed by atoms with van der Waals surface area (Å²) in [5.74, 6) is 1.14. The first-order valence-corrected chi connectivity index (χ1v) is 7.46. The van der Waals surface area contributed by atoms with Crippen molar-refractivity contribution in [2.75, 3.05) is 21.3 Å². The molecule has 0 saturated heterocycles. The molecule has 122 valence electrons. The van der Waals surface area contributed by atoms with E-state index in [0.717, 1.165) is 17.7 Å². The first-order valence-electron chi connectivity index (χ1n) is 7.46. The van der Waals surface area contributed by atoms with Gasteiger partial charge in [0.15, 0.2) is 0 Å². The molecule has 2 rings (SSSR count). The van der Waals surface area contributed by atoms with Crippen molar-refractivity contribution in [3.8, 4) is 11.6 Å². The molecule has 0 fully saturated rings. The molecule has 0 saturated carbocycles. The van der Waals surface area contributed by atoms with E-state index < -0.39 is 0 Å². The van der Waals surface area contributed by atoms with Gasteiger partial charge in [0, 0.05) is 19.2 Å². The average Bonchev–Trinajstić information content (AvgIpc) is 2.61. The Labute approximate surface area is 136 Å². The molecular weight excluding hydrogens is 292 g/mol. The van der Waals surface area contributed by atoms with E-state index in [2.05, 4.69) is 4.98 Å². The summed E-state index contributed by atoms with van der Waals surface area (Å²) in [6.45, 7) is 2.02. The summed E-state index contributed by atoms with van der Waals surface area (Å²) in [5.41, 5.74) is 1.53. The third-order valence-electron chi connectivity index (χ3n) is 3.82. The lowest BCUT2D eigenvalue weighted by atomic mass is 10.1. The van der Waals surface area contributed by atoms with E-state index in [-0.39, 0.29) is 11.9 Å². The second-order valence-corrected chi connectivity index (χ2v) is 5.38. The maximum atomic E-state index is 12.5. The topological polar surface area (TPSA) is 51.7 Å². The Hall–Kier alpha value is -2.56. The van der Waals surface area contributed by atoms with Crippen LogP contribution in [0.25, 0.3) is 0 Å². The molecule has 1 aromatic carbocycles. The number of carbonyl (C=O) groups is 1. The zero-order valence-electron chi connectivity index (χ0n) is 13.9. The summed E-state index contributed by atoms with van der Waals surface area (Å²) in [4.78, 5) is 18.4. The Bertz CT molecular complexity index is 656. The van der Waals surface area contributed by atoms with Gasteiger partial charge in [-0.1, -0.05) is 18.2 Å². The van der Waals surface area contributed by atoms with Crippen molar-refractivity contribution < 1.29 is 14.3 Å². The minimum absolute atomic E-state index is 0.0453. The summed E-state index contributed by atoms with van der Waals surface area (Å²) in [5, 5.41) is 0. The third kappa shape index (κ3) is 4.22. The predicted octanol–water partition coefficient (Wildman–Crippen LogP) is 2.80. The lowest BCUT2D eigenvalue weighted by molar-refractivity contribution is 0.0736. The molecule has 0 aliphatic heterocycles. The van der Waals surface area contributed by atoms with Crippen molar-refractivity contribution in [1.29, 1.82) is 0 Å². The molecule has 1 heterocycles. The van der Waals surface area contributed by atoms with Crippen molar-refractivity contribution in [1.82, 2.24) is 9.88 Å². The van der Waals surface area contributed by atoms with E-state index in [0.29, 0.717) is 11.6 Å².